The highest BCUT2D eigenvalue weighted by Gasteiger charge is 2.17. The van der Waals surface area contributed by atoms with Crippen LogP contribution >= 0.6 is 11.3 Å². The standard InChI is InChI=1S/C14H16N2O2S/c1-16(8-10-6-7-19-9-10)13-11(14(17)18-2)4-3-5-12(13)15/h3-7,9H,8,15H2,1-2H3. The van der Waals surface area contributed by atoms with E-state index in [9.17, 15) is 4.79 Å². The van der Waals surface area contributed by atoms with E-state index < -0.39 is 0 Å². The molecule has 1 heterocycles. The summed E-state index contributed by atoms with van der Waals surface area (Å²) in [6, 6.07) is 7.31. The van der Waals surface area contributed by atoms with Crippen molar-refractivity contribution < 1.29 is 9.53 Å². The van der Waals surface area contributed by atoms with Gasteiger partial charge in [-0.1, -0.05) is 6.07 Å². The SMILES string of the molecule is COC(=O)c1cccc(N)c1N(C)Cc1ccsc1. The fourth-order valence-electron chi connectivity index (χ4n) is 2.00. The number of esters is 1. The largest absolute Gasteiger partial charge is 0.465 e. The number of nitrogens with zero attached hydrogens (tertiary/aromatic N) is 1. The average Bonchev–Trinajstić information content (AvgIpc) is 2.90. The van der Waals surface area contributed by atoms with Crippen LogP contribution in [0.3, 0.4) is 0 Å². The Morgan fingerprint density at radius 2 is 2.21 bits per heavy atom. The first kappa shape index (κ1) is 13.4. The van der Waals surface area contributed by atoms with Crippen LogP contribution in [-0.2, 0) is 11.3 Å². The number of ether oxygens (including phenoxy) is 1. The van der Waals surface area contributed by atoms with E-state index in [-0.39, 0.29) is 5.97 Å². The molecule has 5 heteroatoms. The zero-order valence-corrected chi connectivity index (χ0v) is 11.7. The Kier molecular flexibility index (Phi) is 4.06. The molecule has 0 unspecified atom stereocenters. The number of anilines is 2. The van der Waals surface area contributed by atoms with Crippen molar-refractivity contribution in [2.24, 2.45) is 0 Å². The minimum Gasteiger partial charge on any atom is -0.465 e. The maximum Gasteiger partial charge on any atom is 0.340 e. The number of nitrogens with two attached hydrogens (primary N) is 1. The molecule has 4 nitrogen and oxygen atoms in total. The van der Waals surface area contributed by atoms with Crippen molar-refractivity contribution in [2.75, 3.05) is 24.8 Å². The Balaban J connectivity index is 2.34. The van der Waals surface area contributed by atoms with Gasteiger partial charge in [0.15, 0.2) is 0 Å². The number of hydrogen-bond donors (Lipinski definition) is 1. The molecule has 0 atom stereocenters. The maximum atomic E-state index is 11.8. The van der Waals surface area contributed by atoms with Gasteiger partial charge >= 0.3 is 5.97 Å². The normalized spacial score (nSPS) is 10.2. The lowest BCUT2D eigenvalue weighted by Crippen LogP contribution is -2.21. The van der Waals surface area contributed by atoms with Crippen molar-refractivity contribution in [3.05, 3.63) is 46.2 Å². The third-order valence-corrected chi connectivity index (χ3v) is 3.59. The molecule has 19 heavy (non-hydrogen) atoms. The third-order valence-electron chi connectivity index (χ3n) is 2.85. The van der Waals surface area contributed by atoms with Crippen LogP contribution in [-0.4, -0.2) is 20.1 Å². The molecule has 100 valence electrons. The van der Waals surface area contributed by atoms with Gasteiger partial charge < -0.3 is 15.4 Å². The number of carbonyl (C=O) groups is 1. The van der Waals surface area contributed by atoms with E-state index in [0.29, 0.717) is 23.5 Å². The summed E-state index contributed by atoms with van der Waals surface area (Å²) in [4.78, 5) is 13.8. The van der Waals surface area contributed by atoms with Crippen LogP contribution < -0.4 is 10.6 Å². The minimum atomic E-state index is -0.375. The van der Waals surface area contributed by atoms with Crippen molar-refractivity contribution in [3.63, 3.8) is 0 Å². The molecular weight excluding hydrogens is 260 g/mol. The number of thiophene rings is 1. The molecule has 1 aromatic heterocycles. The second-order valence-electron chi connectivity index (χ2n) is 4.22. The first-order valence-electron chi connectivity index (χ1n) is 5.82. The summed E-state index contributed by atoms with van der Waals surface area (Å²) in [7, 11) is 3.28. The molecule has 2 aromatic rings. The van der Waals surface area contributed by atoms with E-state index >= 15 is 0 Å². The highest BCUT2D eigenvalue weighted by molar-refractivity contribution is 7.07. The number of methoxy groups -OCH3 is 1. The Labute approximate surface area is 116 Å². The summed E-state index contributed by atoms with van der Waals surface area (Å²) in [5, 5.41) is 4.10. The van der Waals surface area contributed by atoms with Crippen molar-refractivity contribution in [1.82, 2.24) is 0 Å². The molecule has 0 aliphatic carbocycles. The summed E-state index contributed by atoms with van der Waals surface area (Å²) in [6.45, 7) is 0.696. The zero-order chi connectivity index (χ0) is 13.8. The molecule has 0 fully saturated rings. The second kappa shape index (κ2) is 5.75. The van der Waals surface area contributed by atoms with Gasteiger partial charge in [-0.2, -0.15) is 11.3 Å². The van der Waals surface area contributed by atoms with Gasteiger partial charge in [0.1, 0.15) is 0 Å². The van der Waals surface area contributed by atoms with Gasteiger partial charge in [0.05, 0.1) is 24.0 Å². The highest BCUT2D eigenvalue weighted by atomic mass is 32.1. The maximum absolute atomic E-state index is 11.8. The molecule has 0 radical (unpaired) electrons. The van der Waals surface area contributed by atoms with Crippen LogP contribution in [0.15, 0.2) is 35.0 Å². The summed E-state index contributed by atoms with van der Waals surface area (Å²) >= 11 is 1.65. The van der Waals surface area contributed by atoms with Crippen LogP contribution in [0.2, 0.25) is 0 Å². The van der Waals surface area contributed by atoms with Crippen LogP contribution in [0.5, 0.6) is 0 Å². The molecule has 0 saturated heterocycles. The van der Waals surface area contributed by atoms with Crippen LogP contribution in [0.1, 0.15) is 15.9 Å². The number of para-hydroxylation sites is 1. The topological polar surface area (TPSA) is 55.6 Å². The monoisotopic (exact) mass is 276 g/mol. The second-order valence-corrected chi connectivity index (χ2v) is 5.00. The molecule has 0 aliphatic heterocycles. The van der Waals surface area contributed by atoms with Crippen LogP contribution in [0, 0.1) is 0 Å². The molecule has 0 amide bonds. The fraction of sp³-hybridized carbons (Fsp3) is 0.214. The van der Waals surface area contributed by atoms with Gasteiger partial charge in [-0.3, -0.25) is 0 Å². The van der Waals surface area contributed by atoms with Gasteiger partial charge in [0.25, 0.3) is 0 Å². The van der Waals surface area contributed by atoms with E-state index in [1.54, 1.807) is 29.5 Å². The molecule has 0 saturated carbocycles. The number of hydrogen-bond acceptors (Lipinski definition) is 5. The fourth-order valence-corrected chi connectivity index (χ4v) is 2.66. The lowest BCUT2D eigenvalue weighted by atomic mass is 10.1. The number of benzene rings is 1. The number of carbonyl (C=O) groups excluding carboxylic acids is 1. The Hall–Kier alpha value is -2.01. The van der Waals surface area contributed by atoms with Gasteiger partial charge in [-0.15, -0.1) is 0 Å². The van der Waals surface area contributed by atoms with Gasteiger partial charge in [0.2, 0.25) is 0 Å². The smallest absolute Gasteiger partial charge is 0.340 e. The highest BCUT2D eigenvalue weighted by Crippen LogP contribution is 2.29. The first-order chi connectivity index (χ1) is 9.13. The first-order valence-corrected chi connectivity index (χ1v) is 6.76. The predicted octanol–water partition coefficient (Wildman–Crippen LogP) is 2.75. The molecular formula is C14H16N2O2S. The summed E-state index contributed by atoms with van der Waals surface area (Å²) in [5.41, 5.74) is 8.95. The molecule has 0 aliphatic rings. The van der Waals surface area contributed by atoms with Crippen molar-refractivity contribution in [3.8, 4) is 0 Å². The summed E-state index contributed by atoms with van der Waals surface area (Å²) in [6.07, 6.45) is 0. The third kappa shape index (κ3) is 2.88. The molecule has 2 rings (SSSR count). The minimum absolute atomic E-state index is 0.375. The van der Waals surface area contributed by atoms with Gasteiger partial charge in [-0.25, -0.2) is 4.79 Å². The van der Waals surface area contributed by atoms with E-state index in [2.05, 4.69) is 11.4 Å². The predicted molar refractivity (Wildman–Crippen MR) is 78.6 cm³/mol. The lowest BCUT2D eigenvalue weighted by molar-refractivity contribution is 0.0601. The Morgan fingerprint density at radius 3 is 2.84 bits per heavy atom. The van der Waals surface area contributed by atoms with E-state index in [1.807, 2.05) is 17.3 Å². The van der Waals surface area contributed by atoms with E-state index in [4.69, 9.17) is 10.5 Å². The summed E-state index contributed by atoms with van der Waals surface area (Å²) in [5.74, 6) is -0.375. The number of rotatable bonds is 4. The van der Waals surface area contributed by atoms with Crippen molar-refractivity contribution in [1.29, 1.82) is 0 Å². The lowest BCUT2D eigenvalue weighted by Gasteiger charge is -2.23. The molecule has 2 N–H and O–H groups in total. The van der Waals surface area contributed by atoms with Gasteiger partial charge in [-0.05, 0) is 34.5 Å². The number of nitrogen functional groups attached to an aromatic ring is 1. The zero-order valence-electron chi connectivity index (χ0n) is 10.9. The van der Waals surface area contributed by atoms with Crippen molar-refractivity contribution >= 4 is 28.7 Å². The molecule has 0 spiro atoms. The Morgan fingerprint density at radius 1 is 1.42 bits per heavy atom. The van der Waals surface area contributed by atoms with Crippen molar-refractivity contribution in [2.45, 2.75) is 6.54 Å². The molecule has 1 aromatic carbocycles. The van der Waals surface area contributed by atoms with Crippen LogP contribution in [0.4, 0.5) is 11.4 Å². The summed E-state index contributed by atoms with van der Waals surface area (Å²) < 4.78 is 4.80. The quantitative estimate of drug-likeness (QED) is 0.689. The van der Waals surface area contributed by atoms with Gasteiger partial charge in [0, 0.05) is 13.6 Å². The Bertz CT molecular complexity index is 567. The van der Waals surface area contributed by atoms with E-state index in [1.165, 1.54) is 12.7 Å². The van der Waals surface area contributed by atoms with Crippen LogP contribution in [0.25, 0.3) is 0 Å². The molecule has 0 bridgehead atoms. The van der Waals surface area contributed by atoms with E-state index in [0.717, 1.165) is 0 Å². The average molecular weight is 276 g/mol.